The first-order chi connectivity index (χ1) is 13.7. The van der Waals surface area contributed by atoms with E-state index in [0.717, 1.165) is 43.0 Å². The molecular formula is C21H24N4O2S. The molecule has 1 saturated heterocycles. The number of amides is 1. The molecule has 0 bridgehead atoms. The van der Waals surface area contributed by atoms with E-state index in [0.29, 0.717) is 24.5 Å². The first kappa shape index (κ1) is 18.8. The minimum absolute atomic E-state index is 0.0380. The molecule has 1 aliphatic heterocycles. The molecule has 3 aromatic rings. The summed E-state index contributed by atoms with van der Waals surface area (Å²) in [4.78, 5) is 32.3. The van der Waals surface area contributed by atoms with E-state index in [1.165, 1.54) is 0 Å². The molecule has 0 radical (unpaired) electrons. The number of hydrogen-bond acceptors (Lipinski definition) is 5. The number of piperidine rings is 1. The summed E-state index contributed by atoms with van der Waals surface area (Å²) < 4.78 is 1.56. The number of rotatable bonds is 6. The monoisotopic (exact) mass is 396 g/mol. The zero-order valence-corrected chi connectivity index (χ0v) is 16.5. The van der Waals surface area contributed by atoms with Crippen molar-refractivity contribution in [3.8, 4) is 0 Å². The van der Waals surface area contributed by atoms with Crippen LogP contribution in [0.1, 0.15) is 23.4 Å². The second-order valence-corrected chi connectivity index (χ2v) is 8.33. The van der Waals surface area contributed by atoms with Gasteiger partial charge in [0.1, 0.15) is 5.65 Å². The molecule has 0 atom stereocenters. The second kappa shape index (κ2) is 8.67. The fourth-order valence-corrected chi connectivity index (χ4v) is 4.36. The zero-order valence-electron chi connectivity index (χ0n) is 15.7. The Balaban J connectivity index is 1.25. The molecule has 6 nitrogen and oxygen atoms in total. The van der Waals surface area contributed by atoms with Crippen LogP contribution in [-0.2, 0) is 17.8 Å². The van der Waals surface area contributed by atoms with E-state index >= 15 is 0 Å². The highest BCUT2D eigenvalue weighted by atomic mass is 32.1. The summed E-state index contributed by atoms with van der Waals surface area (Å²) in [6.45, 7) is 3.36. The third-order valence-electron chi connectivity index (χ3n) is 5.22. The van der Waals surface area contributed by atoms with Gasteiger partial charge in [0, 0.05) is 30.2 Å². The van der Waals surface area contributed by atoms with Crippen molar-refractivity contribution < 1.29 is 4.79 Å². The summed E-state index contributed by atoms with van der Waals surface area (Å²) in [5.74, 6) is 0.615. The molecule has 28 heavy (non-hydrogen) atoms. The van der Waals surface area contributed by atoms with E-state index in [2.05, 4.69) is 15.2 Å². The molecule has 0 aromatic carbocycles. The van der Waals surface area contributed by atoms with E-state index in [1.54, 1.807) is 28.0 Å². The van der Waals surface area contributed by atoms with Crippen molar-refractivity contribution >= 4 is 22.9 Å². The van der Waals surface area contributed by atoms with Crippen molar-refractivity contribution in [3.63, 3.8) is 0 Å². The molecule has 1 aliphatic rings. The summed E-state index contributed by atoms with van der Waals surface area (Å²) in [7, 11) is 0. The van der Waals surface area contributed by atoms with E-state index in [-0.39, 0.29) is 11.5 Å². The second-order valence-electron chi connectivity index (χ2n) is 7.29. The number of thiophene rings is 1. The van der Waals surface area contributed by atoms with E-state index in [9.17, 15) is 9.59 Å². The van der Waals surface area contributed by atoms with E-state index < -0.39 is 0 Å². The fraction of sp³-hybridized carbons (Fsp3) is 0.381. The summed E-state index contributed by atoms with van der Waals surface area (Å²) in [5, 5.41) is 5.07. The lowest BCUT2D eigenvalue weighted by Gasteiger charge is -2.31. The average Bonchev–Trinajstić information content (AvgIpc) is 3.20. The molecule has 7 heteroatoms. The third kappa shape index (κ3) is 4.66. The van der Waals surface area contributed by atoms with Gasteiger partial charge in [0.2, 0.25) is 5.91 Å². The number of hydrogen-bond donors (Lipinski definition) is 1. The standard InChI is InChI=1S/C21H24N4O2S/c26-20(13-18-4-3-11-28-18)22-14-16-6-9-24(10-7-16)15-17-12-21(27)25-8-2-1-5-19(25)23-17/h1-5,8,11-12,16H,6-7,9-10,13-15H2,(H,22,26). The van der Waals surface area contributed by atoms with Crippen molar-refractivity contribution in [2.45, 2.75) is 25.8 Å². The van der Waals surface area contributed by atoms with Gasteiger partial charge in [-0.1, -0.05) is 12.1 Å². The molecule has 0 spiro atoms. The smallest absolute Gasteiger partial charge is 0.258 e. The number of carbonyl (C=O) groups is 1. The van der Waals surface area contributed by atoms with Crippen LogP contribution in [0, 0.1) is 5.92 Å². The SMILES string of the molecule is O=C(Cc1cccs1)NCC1CCN(Cc2cc(=O)n3ccccc3n2)CC1. The van der Waals surface area contributed by atoms with E-state index in [1.807, 2.05) is 35.7 Å². The number of likely N-dealkylation sites (tertiary alicyclic amines) is 1. The normalized spacial score (nSPS) is 15.7. The minimum atomic E-state index is -0.0380. The molecular weight excluding hydrogens is 372 g/mol. The zero-order chi connectivity index (χ0) is 19.3. The van der Waals surface area contributed by atoms with Crippen molar-refractivity contribution in [2.24, 2.45) is 5.92 Å². The predicted molar refractivity (Wildman–Crippen MR) is 110 cm³/mol. The Hall–Kier alpha value is -2.51. The first-order valence-corrected chi connectivity index (χ1v) is 10.5. The van der Waals surface area contributed by atoms with Crippen LogP contribution in [0.4, 0.5) is 0 Å². The van der Waals surface area contributed by atoms with Gasteiger partial charge in [0.05, 0.1) is 12.1 Å². The molecule has 0 aliphatic carbocycles. The van der Waals surface area contributed by atoms with Crippen LogP contribution in [0.25, 0.3) is 5.65 Å². The number of aromatic nitrogens is 2. The Bertz CT molecular complexity index is 991. The van der Waals surface area contributed by atoms with Gasteiger partial charge in [0.15, 0.2) is 0 Å². The largest absolute Gasteiger partial charge is 0.356 e. The van der Waals surface area contributed by atoms with Crippen LogP contribution < -0.4 is 10.9 Å². The highest BCUT2D eigenvalue weighted by molar-refractivity contribution is 7.10. The molecule has 146 valence electrons. The van der Waals surface area contributed by atoms with Crippen LogP contribution >= 0.6 is 11.3 Å². The Morgan fingerprint density at radius 3 is 2.86 bits per heavy atom. The lowest BCUT2D eigenvalue weighted by Crippen LogP contribution is -2.39. The Kier molecular flexibility index (Phi) is 5.83. The first-order valence-electron chi connectivity index (χ1n) is 9.66. The van der Waals surface area contributed by atoms with Gasteiger partial charge in [-0.05, 0) is 55.4 Å². The van der Waals surface area contributed by atoms with Crippen molar-refractivity contribution in [3.05, 3.63) is 68.9 Å². The third-order valence-corrected chi connectivity index (χ3v) is 6.10. The molecule has 0 saturated carbocycles. The van der Waals surface area contributed by atoms with Gasteiger partial charge in [-0.15, -0.1) is 11.3 Å². The summed E-state index contributed by atoms with van der Waals surface area (Å²) in [6, 6.07) is 11.2. The van der Waals surface area contributed by atoms with Gasteiger partial charge in [-0.25, -0.2) is 4.98 Å². The molecule has 1 fully saturated rings. The molecule has 0 unspecified atom stereocenters. The number of fused-ring (bicyclic) bond motifs is 1. The van der Waals surface area contributed by atoms with Crippen LogP contribution in [0.5, 0.6) is 0 Å². The van der Waals surface area contributed by atoms with Crippen LogP contribution in [0.15, 0.2) is 52.8 Å². The number of nitrogens with one attached hydrogen (secondary N) is 1. The molecule has 4 rings (SSSR count). The highest BCUT2D eigenvalue weighted by Gasteiger charge is 2.20. The number of pyridine rings is 1. The van der Waals surface area contributed by atoms with Crippen molar-refractivity contribution in [1.29, 1.82) is 0 Å². The fourth-order valence-electron chi connectivity index (χ4n) is 3.65. The van der Waals surface area contributed by atoms with Crippen LogP contribution in [0.2, 0.25) is 0 Å². The summed E-state index contributed by atoms with van der Waals surface area (Å²) in [6.07, 6.45) is 4.31. The van der Waals surface area contributed by atoms with Gasteiger partial charge in [0.25, 0.3) is 5.56 Å². The highest BCUT2D eigenvalue weighted by Crippen LogP contribution is 2.18. The van der Waals surface area contributed by atoms with Gasteiger partial charge < -0.3 is 5.32 Å². The molecule has 4 heterocycles. The average molecular weight is 397 g/mol. The predicted octanol–water partition coefficient (Wildman–Crippen LogP) is 2.33. The minimum Gasteiger partial charge on any atom is -0.356 e. The Morgan fingerprint density at radius 1 is 1.21 bits per heavy atom. The van der Waals surface area contributed by atoms with Gasteiger partial charge in [-0.2, -0.15) is 0 Å². The summed E-state index contributed by atoms with van der Waals surface area (Å²) >= 11 is 1.62. The molecule has 1 amide bonds. The molecule has 1 N–H and O–H groups in total. The van der Waals surface area contributed by atoms with Crippen LogP contribution in [-0.4, -0.2) is 39.8 Å². The van der Waals surface area contributed by atoms with Crippen LogP contribution in [0.3, 0.4) is 0 Å². The summed E-state index contributed by atoms with van der Waals surface area (Å²) in [5.41, 5.74) is 1.47. The van der Waals surface area contributed by atoms with Gasteiger partial charge >= 0.3 is 0 Å². The van der Waals surface area contributed by atoms with Crippen molar-refractivity contribution in [1.82, 2.24) is 19.6 Å². The lowest BCUT2D eigenvalue weighted by molar-refractivity contribution is -0.120. The van der Waals surface area contributed by atoms with Crippen molar-refractivity contribution in [2.75, 3.05) is 19.6 Å². The van der Waals surface area contributed by atoms with E-state index in [4.69, 9.17) is 0 Å². The molecule has 3 aromatic heterocycles. The Morgan fingerprint density at radius 2 is 2.07 bits per heavy atom. The maximum atomic E-state index is 12.2. The lowest BCUT2D eigenvalue weighted by atomic mass is 9.96. The number of nitrogens with zero attached hydrogens (tertiary/aromatic N) is 3. The quantitative estimate of drug-likeness (QED) is 0.694. The maximum absolute atomic E-state index is 12.2. The topological polar surface area (TPSA) is 66.7 Å². The maximum Gasteiger partial charge on any atom is 0.258 e. The number of carbonyl (C=O) groups excluding carboxylic acids is 1. The van der Waals surface area contributed by atoms with Gasteiger partial charge in [-0.3, -0.25) is 18.9 Å². The Labute approximate surface area is 167 Å².